The second kappa shape index (κ2) is 8.62. The molecule has 0 radical (unpaired) electrons. The van der Waals surface area contributed by atoms with Crippen molar-refractivity contribution in [1.29, 1.82) is 0 Å². The summed E-state index contributed by atoms with van der Waals surface area (Å²) in [5, 5.41) is 2.86. The Bertz CT molecular complexity index is 335. The molecule has 3 heteroatoms. The highest BCUT2D eigenvalue weighted by Crippen LogP contribution is 2.12. The second-order valence-electron chi connectivity index (χ2n) is 3.72. The lowest BCUT2D eigenvalue weighted by Gasteiger charge is -2.08. The molecule has 0 aliphatic heterocycles. The molecule has 0 heterocycles. The van der Waals surface area contributed by atoms with Crippen molar-refractivity contribution in [3.8, 4) is 5.75 Å². The fourth-order valence-electron chi connectivity index (χ4n) is 1.18. The molecule has 0 spiro atoms. The van der Waals surface area contributed by atoms with Gasteiger partial charge in [-0.15, -0.1) is 0 Å². The lowest BCUT2D eigenvalue weighted by atomic mass is 10.2. The topological polar surface area (TPSA) is 38.3 Å². The van der Waals surface area contributed by atoms with Crippen LogP contribution in [0.5, 0.6) is 5.75 Å². The van der Waals surface area contributed by atoms with E-state index >= 15 is 0 Å². The first-order chi connectivity index (χ1) is 8.13. The molecule has 1 aromatic rings. The fraction of sp³-hybridized carbons (Fsp3) is 0.500. The van der Waals surface area contributed by atoms with Gasteiger partial charge in [0.15, 0.2) is 0 Å². The summed E-state index contributed by atoms with van der Waals surface area (Å²) in [5.41, 5.74) is 1.04. The average molecular weight is 237 g/mol. The van der Waals surface area contributed by atoms with Crippen molar-refractivity contribution in [1.82, 2.24) is 5.32 Å². The number of nitrogens with one attached hydrogen (secondary N) is 1. The number of methoxy groups -OCH3 is 1. The summed E-state index contributed by atoms with van der Waals surface area (Å²) in [5.74, 6) is 0.903. The highest BCUT2D eigenvalue weighted by molar-refractivity contribution is 5.77. The fourth-order valence-corrected chi connectivity index (χ4v) is 1.18. The lowest BCUT2D eigenvalue weighted by molar-refractivity contribution is -0.124. The van der Waals surface area contributed by atoms with E-state index in [9.17, 15) is 4.79 Å². The first-order valence-electron chi connectivity index (χ1n) is 6.04. The van der Waals surface area contributed by atoms with Crippen LogP contribution < -0.4 is 10.1 Å². The van der Waals surface area contributed by atoms with Crippen molar-refractivity contribution in [2.75, 3.05) is 7.11 Å². The Balaban J connectivity index is 0.00000121. The zero-order chi connectivity index (χ0) is 13.3. The van der Waals surface area contributed by atoms with Crippen LogP contribution in [0.2, 0.25) is 0 Å². The van der Waals surface area contributed by atoms with Crippen LogP contribution in [0, 0.1) is 5.92 Å². The normalized spacial score (nSPS) is 9.29. The van der Waals surface area contributed by atoms with E-state index in [1.54, 1.807) is 7.11 Å². The van der Waals surface area contributed by atoms with Crippen LogP contribution >= 0.6 is 0 Å². The van der Waals surface area contributed by atoms with Gasteiger partial charge >= 0.3 is 0 Å². The maximum Gasteiger partial charge on any atom is 0.222 e. The Morgan fingerprint density at radius 2 is 2.00 bits per heavy atom. The van der Waals surface area contributed by atoms with Gasteiger partial charge in [0.05, 0.1) is 7.11 Å². The Morgan fingerprint density at radius 1 is 1.35 bits per heavy atom. The molecule has 17 heavy (non-hydrogen) atoms. The monoisotopic (exact) mass is 237 g/mol. The van der Waals surface area contributed by atoms with Crippen LogP contribution in [-0.4, -0.2) is 13.0 Å². The van der Waals surface area contributed by atoms with Crippen LogP contribution in [0.4, 0.5) is 0 Å². The minimum Gasteiger partial charge on any atom is -0.497 e. The van der Waals surface area contributed by atoms with Crippen molar-refractivity contribution < 1.29 is 9.53 Å². The number of rotatable bonds is 4. The summed E-state index contributed by atoms with van der Waals surface area (Å²) in [4.78, 5) is 11.3. The summed E-state index contributed by atoms with van der Waals surface area (Å²) in [6.07, 6.45) is 0. The Kier molecular flexibility index (Phi) is 7.85. The zero-order valence-electron chi connectivity index (χ0n) is 11.4. The van der Waals surface area contributed by atoms with Gasteiger partial charge in [-0.25, -0.2) is 0 Å². The molecule has 0 aliphatic carbocycles. The van der Waals surface area contributed by atoms with E-state index in [-0.39, 0.29) is 11.8 Å². The van der Waals surface area contributed by atoms with E-state index in [0.29, 0.717) is 6.54 Å². The minimum atomic E-state index is 0.0237. The van der Waals surface area contributed by atoms with Gasteiger partial charge < -0.3 is 10.1 Å². The Labute approximate surface area is 104 Å². The third-order valence-corrected chi connectivity index (χ3v) is 2.13. The summed E-state index contributed by atoms with van der Waals surface area (Å²) >= 11 is 0. The van der Waals surface area contributed by atoms with Gasteiger partial charge in [0, 0.05) is 12.5 Å². The maximum absolute atomic E-state index is 11.3. The van der Waals surface area contributed by atoms with Gasteiger partial charge in [-0.05, 0) is 17.7 Å². The molecule has 1 N–H and O–H groups in total. The molecule has 3 nitrogen and oxygen atoms in total. The van der Waals surface area contributed by atoms with Crippen molar-refractivity contribution in [3.63, 3.8) is 0 Å². The molecular weight excluding hydrogens is 214 g/mol. The number of hydrogen-bond acceptors (Lipinski definition) is 2. The quantitative estimate of drug-likeness (QED) is 0.874. The largest absolute Gasteiger partial charge is 0.497 e. The molecule has 0 unspecified atom stereocenters. The lowest BCUT2D eigenvalue weighted by Crippen LogP contribution is -2.27. The Hall–Kier alpha value is -1.51. The minimum absolute atomic E-state index is 0.0237. The number of amides is 1. The summed E-state index contributed by atoms with van der Waals surface area (Å²) in [6.45, 7) is 8.30. The molecule has 96 valence electrons. The summed E-state index contributed by atoms with van der Waals surface area (Å²) in [7, 11) is 1.63. The molecule has 1 aromatic carbocycles. The second-order valence-corrected chi connectivity index (χ2v) is 3.72. The number of carbonyl (C=O) groups is 1. The van der Waals surface area contributed by atoms with Gasteiger partial charge in [-0.1, -0.05) is 39.8 Å². The van der Waals surface area contributed by atoms with Crippen LogP contribution in [0.1, 0.15) is 33.3 Å². The maximum atomic E-state index is 11.3. The van der Waals surface area contributed by atoms with E-state index < -0.39 is 0 Å². The standard InChI is InChI=1S/C12H17NO2.C2H6/c1-9(2)12(14)13-8-10-5-4-6-11(7-10)15-3;1-2/h4-7,9H,8H2,1-3H3,(H,13,14);1-2H3. The molecule has 0 aromatic heterocycles. The SMILES string of the molecule is CC.COc1cccc(CNC(=O)C(C)C)c1. The number of benzene rings is 1. The van der Waals surface area contributed by atoms with Crippen LogP contribution in [0.15, 0.2) is 24.3 Å². The van der Waals surface area contributed by atoms with Crippen molar-refractivity contribution in [3.05, 3.63) is 29.8 Å². The molecule has 0 bridgehead atoms. The van der Waals surface area contributed by atoms with Crippen molar-refractivity contribution in [2.45, 2.75) is 34.2 Å². The molecule has 0 saturated heterocycles. The summed E-state index contributed by atoms with van der Waals surface area (Å²) < 4.78 is 5.10. The first-order valence-corrected chi connectivity index (χ1v) is 6.04. The number of carbonyl (C=O) groups excluding carboxylic acids is 1. The van der Waals surface area contributed by atoms with Crippen molar-refractivity contribution >= 4 is 5.91 Å². The molecular formula is C14H23NO2. The van der Waals surface area contributed by atoms with Gasteiger partial charge in [0.1, 0.15) is 5.75 Å². The van der Waals surface area contributed by atoms with Crippen molar-refractivity contribution in [2.24, 2.45) is 5.92 Å². The molecule has 1 rings (SSSR count). The number of hydrogen-bond donors (Lipinski definition) is 1. The van der Waals surface area contributed by atoms with Gasteiger partial charge in [-0.2, -0.15) is 0 Å². The van der Waals surface area contributed by atoms with Crippen LogP contribution in [-0.2, 0) is 11.3 Å². The number of ether oxygens (including phenoxy) is 1. The van der Waals surface area contributed by atoms with Gasteiger partial charge in [-0.3, -0.25) is 4.79 Å². The third-order valence-electron chi connectivity index (χ3n) is 2.13. The zero-order valence-corrected chi connectivity index (χ0v) is 11.4. The molecule has 0 atom stereocenters. The molecule has 1 amide bonds. The van der Waals surface area contributed by atoms with E-state index in [4.69, 9.17) is 4.74 Å². The van der Waals surface area contributed by atoms with Crippen LogP contribution in [0.25, 0.3) is 0 Å². The highest BCUT2D eigenvalue weighted by atomic mass is 16.5. The molecule has 0 saturated carbocycles. The average Bonchev–Trinajstić information content (AvgIpc) is 2.38. The van der Waals surface area contributed by atoms with Gasteiger partial charge in [0.25, 0.3) is 0 Å². The predicted molar refractivity (Wildman–Crippen MR) is 71.0 cm³/mol. The van der Waals surface area contributed by atoms with E-state index in [0.717, 1.165) is 11.3 Å². The molecule has 0 aliphatic rings. The van der Waals surface area contributed by atoms with Crippen LogP contribution in [0.3, 0.4) is 0 Å². The third kappa shape index (κ3) is 5.95. The smallest absolute Gasteiger partial charge is 0.222 e. The van der Waals surface area contributed by atoms with Gasteiger partial charge in [0.2, 0.25) is 5.91 Å². The predicted octanol–water partition coefficient (Wildman–Crippen LogP) is 2.99. The van der Waals surface area contributed by atoms with E-state index in [1.807, 2.05) is 52.0 Å². The van der Waals surface area contributed by atoms with E-state index in [2.05, 4.69) is 5.32 Å². The summed E-state index contributed by atoms with van der Waals surface area (Å²) in [6, 6.07) is 7.67. The highest BCUT2D eigenvalue weighted by Gasteiger charge is 2.05. The Morgan fingerprint density at radius 3 is 2.53 bits per heavy atom. The van der Waals surface area contributed by atoms with E-state index in [1.165, 1.54) is 0 Å². The first kappa shape index (κ1) is 15.5. The molecule has 0 fully saturated rings.